The van der Waals surface area contributed by atoms with E-state index in [1.165, 1.54) is 31.8 Å². The fourth-order valence-corrected chi connectivity index (χ4v) is 1.74. The second kappa shape index (κ2) is 6.00. The molecule has 0 aliphatic heterocycles. The van der Waals surface area contributed by atoms with Crippen LogP contribution in [-0.4, -0.2) is 12.8 Å². The van der Waals surface area contributed by atoms with Gasteiger partial charge in [-0.1, -0.05) is 33.6 Å². The maximum absolute atomic E-state index is 2.33. The van der Waals surface area contributed by atoms with E-state index in [9.17, 15) is 0 Å². The van der Waals surface area contributed by atoms with E-state index in [1.807, 2.05) is 0 Å². The lowest BCUT2D eigenvalue weighted by atomic mass is 9.90. The largest absolute Gasteiger partial charge is 0.125 e. The van der Waals surface area contributed by atoms with Gasteiger partial charge in [0.1, 0.15) is 0 Å². The zero-order chi connectivity index (χ0) is 8.74. The molecule has 0 aliphatic carbocycles. The highest BCUT2D eigenvalue weighted by Gasteiger charge is 2.08. The first-order valence-corrected chi connectivity index (χ1v) is 6.41. The van der Waals surface area contributed by atoms with Crippen molar-refractivity contribution in [2.45, 2.75) is 46.5 Å². The monoisotopic (exact) mass is 174 g/mol. The standard InChI is InChI=1S/C10H23P/c1-10(2,3)8-6-5-7-9-11-4/h11H,5-9H2,1-4H3. The van der Waals surface area contributed by atoms with Crippen molar-refractivity contribution < 1.29 is 0 Å². The van der Waals surface area contributed by atoms with Crippen LogP contribution < -0.4 is 0 Å². The summed E-state index contributed by atoms with van der Waals surface area (Å²) in [4.78, 5) is 0. The summed E-state index contributed by atoms with van der Waals surface area (Å²) in [5.74, 6) is 0. The maximum atomic E-state index is 2.33. The molecule has 0 nitrogen and oxygen atoms in total. The molecule has 0 heterocycles. The van der Waals surface area contributed by atoms with E-state index < -0.39 is 0 Å². The Labute approximate surface area is 73.9 Å². The van der Waals surface area contributed by atoms with E-state index in [0.717, 1.165) is 8.58 Å². The van der Waals surface area contributed by atoms with Gasteiger partial charge < -0.3 is 0 Å². The van der Waals surface area contributed by atoms with Gasteiger partial charge in [0.05, 0.1) is 0 Å². The van der Waals surface area contributed by atoms with E-state index in [2.05, 4.69) is 27.4 Å². The van der Waals surface area contributed by atoms with E-state index in [4.69, 9.17) is 0 Å². The lowest BCUT2D eigenvalue weighted by Crippen LogP contribution is -2.03. The molecule has 0 saturated heterocycles. The molecule has 0 N–H and O–H groups in total. The van der Waals surface area contributed by atoms with Crippen LogP contribution in [0.3, 0.4) is 0 Å². The summed E-state index contributed by atoms with van der Waals surface area (Å²) in [6.45, 7) is 9.28. The van der Waals surface area contributed by atoms with Crippen LogP contribution in [0.5, 0.6) is 0 Å². The molecule has 0 amide bonds. The zero-order valence-electron chi connectivity index (χ0n) is 8.54. The Balaban J connectivity index is 3.02. The van der Waals surface area contributed by atoms with Crippen molar-refractivity contribution in [2.75, 3.05) is 12.8 Å². The highest BCUT2D eigenvalue weighted by molar-refractivity contribution is 7.36. The summed E-state index contributed by atoms with van der Waals surface area (Å²) in [7, 11) is 1.16. The normalized spacial score (nSPS) is 13.1. The van der Waals surface area contributed by atoms with Gasteiger partial charge in [-0.25, -0.2) is 0 Å². The van der Waals surface area contributed by atoms with Gasteiger partial charge in [-0.05, 0) is 31.1 Å². The lowest BCUT2D eigenvalue weighted by Gasteiger charge is -2.17. The molecule has 0 bridgehead atoms. The first-order chi connectivity index (χ1) is 5.06. The highest BCUT2D eigenvalue weighted by atomic mass is 31.1. The van der Waals surface area contributed by atoms with Crippen LogP contribution in [0.1, 0.15) is 46.5 Å². The summed E-state index contributed by atoms with van der Waals surface area (Å²) in [5, 5.41) is 0. The van der Waals surface area contributed by atoms with Crippen molar-refractivity contribution in [3.8, 4) is 0 Å². The fraction of sp³-hybridized carbons (Fsp3) is 1.00. The van der Waals surface area contributed by atoms with Crippen molar-refractivity contribution in [1.82, 2.24) is 0 Å². The molecule has 0 aromatic rings. The molecule has 0 spiro atoms. The number of hydrogen-bond acceptors (Lipinski definition) is 0. The molecule has 0 rings (SSSR count). The van der Waals surface area contributed by atoms with E-state index in [1.54, 1.807) is 0 Å². The third kappa shape index (κ3) is 10.4. The highest BCUT2D eigenvalue weighted by Crippen LogP contribution is 2.22. The molecule has 11 heavy (non-hydrogen) atoms. The summed E-state index contributed by atoms with van der Waals surface area (Å²) in [5.41, 5.74) is 0.550. The fourth-order valence-electron chi connectivity index (χ4n) is 1.13. The molecule has 68 valence electrons. The SMILES string of the molecule is CPCCCCCC(C)(C)C. The molecule has 0 fully saturated rings. The third-order valence-corrected chi connectivity index (χ3v) is 2.71. The molecule has 0 radical (unpaired) electrons. The Kier molecular flexibility index (Phi) is 6.24. The average molecular weight is 174 g/mol. The Hall–Kier alpha value is 0.430. The predicted octanol–water partition coefficient (Wildman–Crippen LogP) is 3.90. The van der Waals surface area contributed by atoms with Gasteiger partial charge in [0, 0.05) is 0 Å². The third-order valence-electron chi connectivity index (χ3n) is 1.85. The molecular weight excluding hydrogens is 151 g/mol. The Bertz CT molecular complexity index is 81.4. The maximum Gasteiger partial charge on any atom is -0.0356 e. The van der Waals surface area contributed by atoms with Crippen LogP contribution in [0.2, 0.25) is 0 Å². The van der Waals surface area contributed by atoms with Crippen LogP contribution in [0.25, 0.3) is 0 Å². The van der Waals surface area contributed by atoms with Crippen molar-refractivity contribution in [1.29, 1.82) is 0 Å². The minimum Gasteiger partial charge on any atom is -0.125 e. The number of rotatable bonds is 5. The van der Waals surface area contributed by atoms with Gasteiger partial charge in [-0.2, -0.15) is 0 Å². The molecule has 0 aromatic heterocycles. The summed E-state index contributed by atoms with van der Waals surface area (Å²) in [6.07, 6.45) is 7.15. The van der Waals surface area contributed by atoms with Gasteiger partial charge in [0.25, 0.3) is 0 Å². The van der Waals surface area contributed by atoms with Crippen molar-refractivity contribution in [3.63, 3.8) is 0 Å². The van der Waals surface area contributed by atoms with Gasteiger partial charge >= 0.3 is 0 Å². The minimum atomic E-state index is 0.550. The quantitative estimate of drug-likeness (QED) is 0.438. The lowest BCUT2D eigenvalue weighted by molar-refractivity contribution is 0.360. The predicted molar refractivity (Wildman–Crippen MR) is 57.0 cm³/mol. The van der Waals surface area contributed by atoms with Crippen molar-refractivity contribution in [2.24, 2.45) is 5.41 Å². The van der Waals surface area contributed by atoms with Gasteiger partial charge in [0.15, 0.2) is 0 Å². The molecule has 1 heteroatoms. The van der Waals surface area contributed by atoms with E-state index in [-0.39, 0.29) is 0 Å². The van der Waals surface area contributed by atoms with E-state index >= 15 is 0 Å². The smallest absolute Gasteiger partial charge is 0.0356 e. The van der Waals surface area contributed by atoms with Crippen LogP contribution in [0.4, 0.5) is 0 Å². The molecule has 0 aliphatic rings. The first-order valence-electron chi connectivity index (χ1n) is 4.71. The zero-order valence-corrected chi connectivity index (χ0v) is 9.54. The molecule has 1 atom stereocenters. The van der Waals surface area contributed by atoms with Gasteiger partial charge in [-0.3, -0.25) is 0 Å². The average Bonchev–Trinajstić information content (AvgIpc) is 1.85. The second-order valence-corrected chi connectivity index (χ2v) is 5.68. The summed E-state index contributed by atoms with van der Waals surface area (Å²) < 4.78 is 0. The summed E-state index contributed by atoms with van der Waals surface area (Å²) in [6, 6.07) is 0. The summed E-state index contributed by atoms with van der Waals surface area (Å²) >= 11 is 0. The molecule has 1 unspecified atom stereocenters. The van der Waals surface area contributed by atoms with Crippen molar-refractivity contribution >= 4 is 8.58 Å². The molecule has 0 aromatic carbocycles. The van der Waals surface area contributed by atoms with Gasteiger partial charge in [0.2, 0.25) is 0 Å². The number of unbranched alkanes of at least 4 members (excludes halogenated alkanes) is 2. The molecule has 0 saturated carbocycles. The van der Waals surface area contributed by atoms with Crippen LogP contribution in [0.15, 0.2) is 0 Å². The first kappa shape index (κ1) is 11.4. The molecular formula is C10H23P. The van der Waals surface area contributed by atoms with Gasteiger partial charge in [-0.15, -0.1) is 8.58 Å². The minimum absolute atomic E-state index is 0.550. The Morgan fingerprint density at radius 3 is 2.09 bits per heavy atom. The van der Waals surface area contributed by atoms with E-state index in [0.29, 0.717) is 5.41 Å². The Morgan fingerprint density at radius 1 is 1.00 bits per heavy atom. The van der Waals surface area contributed by atoms with Crippen LogP contribution in [0, 0.1) is 5.41 Å². The second-order valence-electron chi connectivity index (χ2n) is 4.47. The Morgan fingerprint density at radius 2 is 1.64 bits per heavy atom. The number of hydrogen-bond donors (Lipinski definition) is 0. The van der Waals surface area contributed by atoms with Crippen molar-refractivity contribution in [3.05, 3.63) is 0 Å². The topological polar surface area (TPSA) is 0 Å². The van der Waals surface area contributed by atoms with Crippen LogP contribution >= 0.6 is 8.58 Å². The van der Waals surface area contributed by atoms with Crippen LogP contribution in [-0.2, 0) is 0 Å².